The highest BCUT2D eigenvalue weighted by Crippen LogP contribution is 2.32. The number of nitrogens with zero attached hydrogens (tertiary/aromatic N) is 1. The third-order valence-corrected chi connectivity index (χ3v) is 6.76. The van der Waals surface area contributed by atoms with E-state index in [0.29, 0.717) is 6.04 Å². The summed E-state index contributed by atoms with van der Waals surface area (Å²) in [6.45, 7) is 2.18. The average Bonchev–Trinajstić information content (AvgIpc) is 3.03. The summed E-state index contributed by atoms with van der Waals surface area (Å²) < 4.78 is 3.52. The Bertz CT molecular complexity index is 735. The number of rotatable bonds is 4. The third-order valence-electron chi connectivity index (χ3n) is 2.95. The van der Waals surface area contributed by atoms with Crippen LogP contribution in [-0.2, 0) is 0 Å². The highest BCUT2D eigenvalue weighted by Gasteiger charge is 2.09. The Kier molecular flexibility index (Phi) is 4.35. The van der Waals surface area contributed by atoms with Gasteiger partial charge in [-0.15, -0.1) is 22.7 Å². The van der Waals surface area contributed by atoms with E-state index in [1.807, 2.05) is 0 Å². The number of benzene rings is 1. The second kappa shape index (κ2) is 6.05. The number of thiazole rings is 1. The minimum absolute atomic E-state index is 0.302. The molecule has 6 heteroatoms. The first-order valence-corrected chi connectivity index (χ1v) is 9.77. The van der Waals surface area contributed by atoms with Crippen molar-refractivity contribution in [3.05, 3.63) is 39.0 Å². The lowest BCUT2D eigenvalue weighted by atomic mass is 10.2. The fraction of sp³-hybridized carbons (Fsp3) is 0.214. The van der Waals surface area contributed by atoms with Gasteiger partial charge < -0.3 is 5.32 Å². The molecular weight excluding hydrogens is 372 g/mol. The summed E-state index contributed by atoms with van der Waals surface area (Å²) in [5.74, 6) is 0. The van der Waals surface area contributed by atoms with Crippen molar-refractivity contribution < 1.29 is 0 Å². The van der Waals surface area contributed by atoms with Gasteiger partial charge >= 0.3 is 0 Å². The fourth-order valence-corrected chi connectivity index (χ4v) is 4.92. The summed E-state index contributed by atoms with van der Waals surface area (Å²) in [6, 6.07) is 10.9. The number of halogens is 1. The Morgan fingerprint density at radius 3 is 2.80 bits per heavy atom. The summed E-state index contributed by atoms with van der Waals surface area (Å²) in [6.07, 6.45) is 2.06. The van der Waals surface area contributed by atoms with Crippen LogP contribution in [0.1, 0.15) is 17.8 Å². The van der Waals surface area contributed by atoms with Crippen LogP contribution in [0.5, 0.6) is 0 Å². The lowest BCUT2D eigenvalue weighted by Crippen LogP contribution is -2.04. The Morgan fingerprint density at radius 2 is 2.10 bits per heavy atom. The van der Waals surface area contributed by atoms with Gasteiger partial charge in [0.05, 0.1) is 20.0 Å². The first-order valence-electron chi connectivity index (χ1n) is 6.12. The molecule has 20 heavy (non-hydrogen) atoms. The van der Waals surface area contributed by atoms with E-state index in [4.69, 9.17) is 0 Å². The molecule has 1 atom stereocenters. The van der Waals surface area contributed by atoms with Gasteiger partial charge in [0.25, 0.3) is 0 Å². The number of thioether (sulfide) groups is 1. The number of fused-ring (bicyclic) bond motifs is 1. The van der Waals surface area contributed by atoms with Crippen molar-refractivity contribution >= 4 is 66.3 Å². The van der Waals surface area contributed by atoms with Crippen molar-refractivity contribution in [3.8, 4) is 0 Å². The molecule has 0 spiro atoms. The van der Waals surface area contributed by atoms with Crippen molar-refractivity contribution in [2.45, 2.75) is 17.3 Å². The summed E-state index contributed by atoms with van der Waals surface area (Å²) in [4.78, 5) is 5.89. The molecule has 3 rings (SSSR count). The second-order valence-electron chi connectivity index (χ2n) is 4.37. The monoisotopic (exact) mass is 384 g/mol. The molecule has 2 aromatic heterocycles. The van der Waals surface area contributed by atoms with Crippen molar-refractivity contribution in [2.75, 3.05) is 11.6 Å². The predicted octanol–water partition coefficient (Wildman–Crippen LogP) is 6.02. The van der Waals surface area contributed by atoms with Crippen LogP contribution >= 0.6 is 50.4 Å². The van der Waals surface area contributed by atoms with E-state index in [1.165, 1.54) is 13.4 Å². The Labute approximate surface area is 138 Å². The van der Waals surface area contributed by atoms with E-state index < -0.39 is 0 Å². The van der Waals surface area contributed by atoms with E-state index in [0.717, 1.165) is 15.5 Å². The highest BCUT2D eigenvalue weighted by atomic mass is 79.9. The summed E-state index contributed by atoms with van der Waals surface area (Å²) in [5.41, 5.74) is 2.22. The van der Waals surface area contributed by atoms with Crippen LogP contribution in [0.2, 0.25) is 0 Å². The van der Waals surface area contributed by atoms with Crippen LogP contribution in [0.25, 0.3) is 10.2 Å². The lowest BCUT2D eigenvalue weighted by molar-refractivity contribution is 0.909. The molecule has 2 nitrogen and oxygen atoms in total. The Balaban J connectivity index is 1.83. The van der Waals surface area contributed by atoms with Crippen LogP contribution in [0.15, 0.2) is 38.5 Å². The zero-order chi connectivity index (χ0) is 14.1. The number of aromatic nitrogens is 1. The van der Waals surface area contributed by atoms with Gasteiger partial charge in [-0.05, 0) is 59.4 Å². The standard InChI is InChI=1S/C14H13BrN2S3/c1-8(11-5-6-13(15)19-11)16-9-3-4-10-12(7-9)20-14(17-10)18-2/h3-8,16H,1-2H3. The number of hydrogen-bond donors (Lipinski definition) is 1. The first-order chi connectivity index (χ1) is 9.65. The van der Waals surface area contributed by atoms with Crippen LogP contribution in [0.3, 0.4) is 0 Å². The normalized spacial score (nSPS) is 12.8. The SMILES string of the molecule is CSc1nc2ccc(NC(C)c3ccc(Br)s3)cc2s1. The zero-order valence-electron chi connectivity index (χ0n) is 11.0. The van der Waals surface area contributed by atoms with Gasteiger partial charge in [-0.2, -0.15) is 0 Å². The molecule has 3 aromatic rings. The Morgan fingerprint density at radius 1 is 1.25 bits per heavy atom. The van der Waals surface area contributed by atoms with Gasteiger partial charge in [-0.3, -0.25) is 0 Å². The van der Waals surface area contributed by atoms with Crippen molar-refractivity contribution in [3.63, 3.8) is 0 Å². The maximum absolute atomic E-state index is 4.56. The van der Waals surface area contributed by atoms with Gasteiger partial charge in [0.15, 0.2) is 4.34 Å². The minimum Gasteiger partial charge on any atom is -0.378 e. The first kappa shape index (κ1) is 14.4. The van der Waals surface area contributed by atoms with Crippen molar-refractivity contribution in [2.24, 2.45) is 0 Å². The van der Waals surface area contributed by atoms with Crippen LogP contribution in [0, 0.1) is 0 Å². The van der Waals surface area contributed by atoms with Gasteiger partial charge in [0, 0.05) is 10.6 Å². The predicted molar refractivity (Wildman–Crippen MR) is 95.5 cm³/mol. The molecule has 1 aromatic carbocycles. The maximum Gasteiger partial charge on any atom is 0.150 e. The summed E-state index contributed by atoms with van der Waals surface area (Å²) >= 11 is 8.72. The third kappa shape index (κ3) is 3.03. The summed E-state index contributed by atoms with van der Waals surface area (Å²) in [5, 5.41) is 3.55. The van der Waals surface area contributed by atoms with Gasteiger partial charge in [0.1, 0.15) is 0 Å². The lowest BCUT2D eigenvalue weighted by Gasteiger charge is -2.13. The largest absolute Gasteiger partial charge is 0.378 e. The smallest absolute Gasteiger partial charge is 0.150 e. The molecule has 0 radical (unpaired) electrons. The highest BCUT2D eigenvalue weighted by molar-refractivity contribution is 9.11. The summed E-state index contributed by atoms with van der Waals surface area (Å²) in [7, 11) is 0. The molecule has 0 aliphatic carbocycles. The number of hydrogen-bond acceptors (Lipinski definition) is 5. The van der Waals surface area contributed by atoms with E-state index >= 15 is 0 Å². The zero-order valence-corrected chi connectivity index (χ0v) is 15.0. The van der Waals surface area contributed by atoms with E-state index in [-0.39, 0.29) is 0 Å². The van der Waals surface area contributed by atoms with E-state index in [2.05, 4.69) is 69.7 Å². The number of thiophene rings is 1. The maximum atomic E-state index is 4.56. The molecule has 0 saturated carbocycles. The molecule has 0 bridgehead atoms. The van der Waals surface area contributed by atoms with Gasteiger partial charge in [-0.1, -0.05) is 11.8 Å². The van der Waals surface area contributed by atoms with Gasteiger partial charge in [0.2, 0.25) is 0 Å². The van der Waals surface area contributed by atoms with Crippen molar-refractivity contribution in [1.82, 2.24) is 4.98 Å². The number of anilines is 1. The van der Waals surface area contributed by atoms with E-state index in [1.54, 1.807) is 34.4 Å². The molecule has 104 valence electrons. The van der Waals surface area contributed by atoms with Crippen LogP contribution in [-0.4, -0.2) is 11.2 Å². The fourth-order valence-electron chi connectivity index (χ4n) is 1.96. The molecule has 0 saturated heterocycles. The molecular formula is C14H13BrN2S3. The molecule has 1 unspecified atom stereocenters. The second-order valence-corrected chi connectivity index (χ2v) is 8.95. The molecule has 0 amide bonds. The van der Waals surface area contributed by atoms with Gasteiger partial charge in [-0.25, -0.2) is 4.98 Å². The molecule has 0 fully saturated rings. The molecule has 1 N–H and O–H groups in total. The average molecular weight is 385 g/mol. The molecule has 0 aliphatic rings. The molecule has 2 heterocycles. The van der Waals surface area contributed by atoms with E-state index in [9.17, 15) is 0 Å². The van der Waals surface area contributed by atoms with Crippen LogP contribution < -0.4 is 5.32 Å². The minimum atomic E-state index is 0.302. The molecule has 0 aliphatic heterocycles. The Hall–Kier alpha value is -0.560. The quantitative estimate of drug-likeness (QED) is 0.556. The topological polar surface area (TPSA) is 24.9 Å². The van der Waals surface area contributed by atoms with Crippen molar-refractivity contribution in [1.29, 1.82) is 0 Å². The number of nitrogens with one attached hydrogen (secondary N) is 1. The van der Waals surface area contributed by atoms with Crippen LogP contribution in [0.4, 0.5) is 5.69 Å².